The second-order valence-electron chi connectivity index (χ2n) is 14.0. The van der Waals surface area contributed by atoms with Crippen LogP contribution in [0.5, 0.6) is 11.5 Å². The Labute approximate surface area is 356 Å². The Morgan fingerprint density at radius 2 is 1.48 bits per heavy atom. The average molecular weight is 869 g/mol. The number of amides is 1. The third kappa shape index (κ3) is 10.9. The van der Waals surface area contributed by atoms with Gasteiger partial charge < -0.3 is 24.3 Å². The smallest absolute Gasteiger partial charge is 0.407 e. The summed E-state index contributed by atoms with van der Waals surface area (Å²) >= 11 is 6.07. The number of methoxy groups -OCH3 is 1. The lowest BCUT2D eigenvalue weighted by Crippen LogP contribution is -2.26. The number of nitro groups is 1. The second kappa shape index (κ2) is 19.1. The summed E-state index contributed by atoms with van der Waals surface area (Å²) < 4.78 is 47.8. The fourth-order valence-corrected chi connectivity index (χ4v) is 7.34. The van der Waals surface area contributed by atoms with Crippen LogP contribution in [-0.2, 0) is 57.0 Å². The van der Waals surface area contributed by atoms with Crippen molar-refractivity contribution in [3.8, 4) is 11.5 Å². The van der Waals surface area contributed by atoms with Crippen LogP contribution in [0, 0.1) is 24.0 Å². The number of aryl methyl sites for hydroxylation is 1. The number of halogens is 1. The molecule has 0 unspecified atom stereocenters. The molecule has 3 N–H and O–H groups in total. The Balaban J connectivity index is 1.20. The van der Waals surface area contributed by atoms with Gasteiger partial charge in [0.1, 0.15) is 31.3 Å². The molecule has 0 bridgehead atoms. The molecule has 0 atom stereocenters. The number of rotatable bonds is 16. The number of nitro benzene ring substituents is 1. The molecule has 0 fully saturated rings. The number of primary sulfonamides is 1. The van der Waals surface area contributed by atoms with E-state index in [2.05, 4.69) is 5.32 Å². The monoisotopic (exact) mass is 868 g/mol. The molecule has 6 rings (SSSR count). The summed E-state index contributed by atoms with van der Waals surface area (Å²) in [5.41, 5.74) is 5.08. The zero-order chi connectivity index (χ0) is 43.8. The summed E-state index contributed by atoms with van der Waals surface area (Å²) in [5.74, 6) is -0.0822. The number of fused-ring (bicyclic) bond motifs is 1. The fraction of sp³-hybridized carbons (Fsp3) is 0.205. The number of benzene rings is 5. The van der Waals surface area contributed by atoms with E-state index in [0.717, 1.165) is 11.1 Å². The first-order valence-corrected chi connectivity index (χ1v) is 20.7. The number of sulfonamides is 1. The Kier molecular flexibility index (Phi) is 13.7. The summed E-state index contributed by atoms with van der Waals surface area (Å²) in [4.78, 5) is 50.9. The van der Waals surface area contributed by atoms with Crippen LogP contribution in [0.4, 0.5) is 10.5 Å². The Morgan fingerprint density at radius 1 is 0.836 bits per heavy atom. The minimum atomic E-state index is -3.83. The molecule has 61 heavy (non-hydrogen) atoms. The number of hydrogen-bond donors (Lipinski definition) is 2. The number of esters is 1. The number of carbonyl (C=O) groups is 3. The van der Waals surface area contributed by atoms with Gasteiger partial charge in [-0.15, -0.1) is 0 Å². The Bertz CT molecular complexity index is 2720. The predicted octanol–water partition coefficient (Wildman–Crippen LogP) is 7.50. The molecule has 0 aliphatic carbocycles. The molecular formula is C44H41ClN4O11S. The predicted molar refractivity (Wildman–Crippen MR) is 226 cm³/mol. The largest absolute Gasteiger partial charge is 0.497 e. The summed E-state index contributed by atoms with van der Waals surface area (Å²) in [6.45, 7) is 3.28. The Hall–Kier alpha value is -6.75. The fourth-order valence-electron chi connectivity index (χ4n) is 6.70. The van der Waals surface area contributed by atoms with E-state index < -0.39 is 27.0 Å². The van der Waals surface area contributed by atoms with Crippen molar-refractivity contribution < 1.29 is 46.7 Å². The highest BCUT2D eigenvalue weighted by Crippen LogP contribution is 2.33. The van der Waals surface area contributed by atoms with Gasteiger partial charge in [-0.3, -0.25) is 24.3 Å². The summed E-state index contributed by atoms with van der Waals surface area (Å²) in [6, 6.07) is 27.1. The van der Waals surface area contributed by atoms with Crippen molar-refractivity contribution in [2.75, 3.05) is 13.7 Å². The van der Waals surface area contributed by atoms with Crippen LogP contribution in [0.2, 0.25) is 5.02 Å². The topological polar surface area (TPSA) is 208 Å². The minimum Gasteiger partial charge on any atom is -0.497 e. The van der Waals surface area contributed by atoms with Crippen LogP contribution in [0.1, 0.15) is 49.4 Å². The van der Waals surface area contributed by atoms with E-state index in [-0.39, 0.29) is 55.0 Å². The molecule has 17 heteroatoms. The molecule has 6 aromatic rings. The molecule has 1 amide bonds. The number of ether oxygens (including phenoxy) is 4. The van der Waals surface area contributed by atoms with Gasteiger partial charge >= 0.3 is 12.1 Å². The first-order valence-electron chi connectivity index (χ1n) is 18.8. The van der Waals surface area contributed by atoms with Gasteiger partial charge in [-0.25, -0.2) is 18.4 Å². The highest BCUT2D eigenvalue weighted by Gasteiger charge is 2.24. The Morgan fingerprint density at radius 3 is 2.10 bits per heavy atom. The molecule has 5 aromatic carbocycles. The van der Waals surface area contributed by atoms with Gasteiger partial charge in [0.05, 0.1) is 28.9 Å². The van der Waals surface area contributed by atoms with Gasteiger partial charge in [-0.05, 0) is 116 Å². The standard InChI is InChI=1S/C44H41ClN4O11S/c1-27-20-32(25-58-41(50)23-38-28(2)48(40-17-14-36(57-3)22-39(38)40)43(51)31-8-10-34(45)11-9-31)42(59-24-30-4-12-35(13-5-30)49(53)54)33(21-27)26-60-44(52)47-19-18-29-6-15-37(16-7-29)61(46,55)56/h4-17,20-22H,18-19,23-26H2,1-3H3,(H,47,52)(H2,46,55,56). The maximum atomic E-state index is 13.8. The van der Waals surface area contributed by atoms with Gasteiger partial charge in [0.15, 0.2) is 0 Å². The first kappa shape index (κ1) is 43.8. The van der Waals surface area contributed by atoms with E-state index in [1.165, 1.54) is 31.4 Å². The summed E-state index contributed by atoms with van der Waals surface area (Å²) in [5, 5.41) is 20.2. The number of nitrogens with one attached hydrogen (secondary N) is 1. The van der Waals surface area contributed by atoms with Crippen LogP contribution < -0.4 is 19.9 Å². The quantitative estimate of drug-likeness (QED) is 0.0553. The minimum absolute atomic E-state index is 0.0202. The van der Waals surface area contributed by atoms with Crippen LogP contribution in [0.3, 0.4) is 0 Å². The van der Waals surface area contributed by atoms with Gasteiger partial charge in [-0.1, -0.05) is 29.3 Å². The average Bonchev–Trinajstić information content (AvgIpc) is 3.50. The molecule has 0 saturated carbocycles. The zero-order valence-corrected chi connectivity index (χ0v) is 34.9. The molecule has 0 spiro atoms. The van der Waals surface area contributed by atoms with Crippen LogP contribution in [0.15, 0.2) is 108 Å². The molecule has 0 radical (unpaired) electrons. The summed E-state index contributed by atoms with van der Waals surface area (Å²) in [7, 11) is -2.31. The number of carbonyl (C=O) groups excluding carboxylic acids is 3. The van der Waals surface area contributed by atoms with Crippen molar-refractivity contribution in [1.29, 1.82) is 0 Å². The second-order valence-corrected chi connectivity index (χ2v) is 16.0. The summed E-state index contributed by atoms with van der Waals surface area (Å²) in [6.07, 6.45) is -0.527. The molecule has 316 valence electrons. The van der Waals surface area contributed by atoms with Crippen molar-refractivity contribution in [2.24, 2.45) is 5.14 Å². The molecule has 0 aliphatic rings. The highest BCUT2D eigenvalue weighted by atomic mass is 35.5. The molecule has 1 aromatic heterocycles. The number of alkyl carbamates (subject to hydrolysis) is 1. The maximum Gasteiger partial charge on any atom is 0.407 e. The number of non-ortho nitro benzene ring substituents is 1. The lowest BCUT2D eigenvalue weighted by atomic mass is 10.0. The lowest BCUT2D eigenvalue weighted by Gasteiger charge is -2.18. The normalized spacial score (nSPS) is 11.2. The van der Waals surface area contributed by atoms with Crippen molar-refractivity contribution in [3.63, 3.8) is 0 Å². The van der Waals surface area contributed by atoms with Crippen molar-refractivity contribution in [1.82, 2.24) is 9.88 Å². The van der Waals surface area contributed by atoms with Crippen LogP contribution in [-0.4, -0.2) is 49.5 Å². The number of hydrogen-bond acceptors (Lipinski definition) is 11. The molecule has 0 saturated heterocycles. The van der Waals surface area contributed by atoms with Crippen molar-refractivity contribution in [3.05, 3.63) is 163 Å². The number of nitrogens with zero attached hydrogens (tertiary/aromatic N) is 2. The van der Waals surface area contributed by atoms with Gasteiger partial charge in [0, 0.05) is 51.5 Å². The van der Waals surface area contributed by atoms with E-state index >= 15 is 0 Å². The zero-order valence-electron chi connectivity index (χ0n) is 33.3. The lowest BCUT2D eigenvalue weighted by molar-refractivity contribution is -0.384. The van der Waals surface area contributed by atoms with E-state index in [1.807, 2.05) is 6.92 Å². The van der Waals surface area contributed by atoms with E-state index in [0.29, 0.717) is 61.6 Å². The van der Waals surface area contributed by atoms with E-state index in [4.69, 9.17) is 35.7 Å². The first-order chi connectivity index (χ1) is 29.1. The van der Waals surface area contributed by atoms with Gasteiger partial charge in [0.25, 0.3) is 11.6 Å². The maximum absolute atomic E-state index is 13.8. The molecule has 0 aliphatic heterocycles. The van der Waals surface area contributed by atoms with E-state index in [1.54, 1.807) is 90.4 Å². The van der Waals surface area contributed by atoms with Crippen molar-refractivity contribution >= 4 is 56.2 Å². The van der Waals surface area contributed by atoms with Crippen LogP contribution >= 0.6 is 11.6 Å². The molecular weight excluding hydrogens is 828 g/mol. The third-order valence-electron chi connectivity index (χ3n) is 9.76. The van der Waals surface area contributed by atoms with Crippen molar-refractivity contribution in [2.45, 2.75) is 51.4 Å². The SMILES string of the molecule is COc1ccc2c(c1)c(CC(=O)OCc1cc(C)cc(COC(=O)NCCc3ccc(S(N)(=O)=O)cc3)c1OCc1ccc([N+](=O)[O-])cc1)c(C)n2C(=O)c1ccc(Cl)cc1. The number of nitrogens with two attached hydrogens (primary N) is 1. The molecule has 15 nitrogen and oxygen atoms in total. The molecule has 1 heterocycles. The van der Waals surface area contributed by atoms with Crippen LogP contribution in [0.25, 0.3) is 10.9 Å². The highest BCUT2D eigenvalue weighted by molar-refractivity contribution is 7.89. The number of aromatic nitrogens is 1. The third-order valence-corrected chi connectivity index (χ3v) is 10.9. The van der Waals surface area contributed by atoms with Gasteiger partial charge in [0.2, 0.25) is 10.0 Å². The van der Waals surface area contributed by atoms with E-state index in [9.17, 15) is 32.9 Å². The van der Waals surface area contributed by atoms with Gasteiger partial charge in [-0.2, -0.15) is 0 Å².